The van der Waals surface area contributed by atoms with E-state index in [1.54, 1.807) is 0 Å². The average Bonchev–Trinajstić information content (AvgIpc) is 2.32. The molecule has 1 N–H and O–H groups in total. The number of alkyl halides is 1. The Morgan fingerprint density at radius 2 is 1.83 bits per heavy atom. The molecule has 2 rings (SSSR count). The largest absolute Gasteiger partial charge is 0.391 e. The first-order valence-electron chi connectivity index (χ1n) is 4.69. The standard InChI is InChI=1S/C10H17BrO/c1-8(2)7(12)10(11)5-4-9(8,3)6-10/h7,12H,4-6H2,1-3H3/t7-,9+,10+/m0/s1. The zero-order chi connectivity index (χ0) is 9.20. The number of fused-ring (bicyclic) bond motifs is 2. The number of hydrogen-bond acceptors (Lipinski definition) is 1. The molecule has 1 nitrogen and oxygen atoms in total. The zero-order valence-electron chi connectivity index (χ0n) is 8.02. The van der Waals surface area contributed by atoms with Gasteiger partial charge in [0.05, 0.1) is 10.4 Å². The lowest BCUT2D eigenvalue weighted by atomic mass is 9.65. The minimum absolute atomic E-state index is 0.0330. The second kappa shape index (κ2) is 2.09. The van der Waals surface area contributed by atoms with Gasteiger partial charge < -0.3 is 5.11 Å². The molecule has 3 atom stereocenters. The molecular formula is C10H17BrO. The van der Waals surface area contributed by atoms with Crippen molar-refractivity contribution in [3.8, 4) is 0 Å². The smallest absolute Gasteiger partial charge is 0.0749 e. The second-order valence-corrected chi connectivity index (χ2v) is 6.98. The van der Waals surface area contributed by atoms with E-state index in [1.807, 2.05) is 0 Å². The van der Waals surface area contributed by atoms with Crippen molar-refractivity contribution in [3.63, 3.8) is 0 Å². The minimum atomic E-state index is -0.177. The molecule has 0 aromatic carbocycles. The first-order valence-corrected chi connectivity index (χ1v) is 5.48. The number of rotatable bonds is 0. The van der Waals surface area contributed by atoms with Crippen molar-refractivity contribution in [2.45, 2.75) is 50.5 Å². The van der Waals surface area contributed by atoms with E-state index in [0.29, 0.717) is 5.41 Å². The highest BCUT2D eigenvalue weighted by Crippen LogP contribution is 2.68. The van der Waals surface area contributed by atoms with Gasteiger partial charge in [-0.1, -0.05) is 36.7 Å². The maximum absolute atomic E-state index is 10.1. The first-order chi connectivity index (χ1) is 5.32. The van der Waals surface area contributed by atoms with Gasteiger partial charge in [-0.3, -0.25) is 0 Å². The Balaban J connectivity index is 2.44. The summed E-state index contributed by atoms with van der Waals surface area (Å²) in [5.41, 5.74) is 0.421. The van der Waals surface area contributed by atoms with Crippen molar-refractivity contribution in [1.29, 1.82) is 0 Å². The fourth-order valence-electron chi connectivity index (χ4n) is 3.07. The van der Waals surface area contributed by atoms with Crippen molar-refractivity contribution < 1.29 is 5.11 Å². The summed E-state index contributed by atoms with van der Waals surface area (Å²) >= 11 is 3.71. The molecule has 2 aliphatic rings. The summed E-state index contributed by atoms with van der Waals surface area (Å²) in [6.07, 6.45) is 3.34. The zero-order valence-corrected chi connectivity index (χ0v) is 9.61. The predicted molar refractivity (Wildman–Crippen MR) is 53.4 cm³/mol. The van der Waals surface area contributed by atoms with Gasteiger partial charge in [0, 0.05) is 0 Å². The molecule has 70 valence electrons. The Kier molecular flexibility index (Phi) is 1.57. The quantitative estimate of drug-likeness (QED) is 0.638. The van der Waals surface area contributed by atoms with Gasteiger partial charge in [-0.15, -0.1) is 0 Å². The molecule has 12 heavy (non-hydrogen) atoms. The third-order valence-electron chi connectivity index (χ3n) is 4.51. The lowest BCUT2D eigenvalue weighted by Gasteiger charge is -2.43. The van der Waals surface area contributed by atoms with Crippen LogP contribution >= 0.6 is 15.9 Å². The van der Waals surface area contributed by atoms with Crippen molar-refractivity contribution >= 4 is 15.9 Å². The predicted octanol–water partition coefficient (Wildman–Crippen LogP) is 2.71. The fraction of sp³-hybridized carbons (Fsp3) is 1.00. The average molecular weight is 233 g/mol. The third-order valence-corrected chi connectivity index (χ3v) is 5.62. The molecule has 0 spiro atoms. The van der Waals surface area contributed by atoms with Crippen molar-refractivity contribution in [2.24, 2.45) is 10.8 Å². The van der Waals surface area contributed by atoms with Gasteiger partial charge in [-0.25, -0.2) is 0 Å². The molecule has 2 saturated carbocycles. The maximum Gasteiger partial charge on any atom is 0.0749 e. The summed E-state index contributed by atoms with van der Waals surface area (Å²) < 4.78 is 0.0330. The Labute approximate surface area is 82.7 Å². The molecule has 0 unspecified atom stereocenters. The van der Waals surface area contributed by atoms with Crippen LogP contribution in [0.15, 0.2) is 0 Å². The molecule has 0 saturated heterocycles. The van der Waals surface area contributed by atoms with E-state index >= 15 is 0 Å². The SMILES string of the molecule is CC1(C)[C@H](O)[C@@]2(Br)CC[C@]1(C)C2. The van der Waals surface area contributed by atoms with Crippen molar-refractivity contribution in [1.82, 2.24) is 0 Å². The van der Waals surface area contributed by atoms with E-state index in [9.17, 15) is 5.11 Å². The Hall–Kier alpha value is 0.440. The van der Waals surface area contributed by atoms with E-state index in [1.165, 1.54) is 6.42 Å². The Morgan fingerprint density at radius 3 is 2.08 bits per heavy atom. The summed E-state index contributed by atoms with van der Waals surface area (Å²) in [6, 6.07) is 0. The number of aliphatic hydroxyl groups excluding tert-OH is 1. The van der Waals surface area contributed by atoms with Crippen LogP contribution in [0.25, 0.3) is 0 Å². The van der Waals surface area contributed by atoms with E-state index in [0.717, 1.165) is 12.8 Å². The highest BCUT2D eigenvalue weighted by Gasteiger charge is 2.66. The topological polar surface area (TPSA) is 20.2 Å². The van der Waals surface area contributed by atoms with E-state index in [4.69, 9.17) is 0 Å². The van der Waals surface area contributed by atoms with Gasteiger partial charge >= 0.3 is 0 Å². The van der Waals surface area contributed by atoms with Crippen LogP contribution in [0, 0.1) is 10.8 Å². The highest BCUT2D eigenvalue weighted by molar-refractivity contribution is 9.10. The third kappa shape index (κ3) is 0.784. The van der Waals surface area contributed by atoms with Gasteiger partial charge in [0.15, 0.2) is 0 Å². The van der Waals surface area contributed by atoms with Crippen LogP contribution in [0.3, 0.4) is 0 Å². The van der Waals surface area contributed by atoms with Gasteiger partial charge in [0.2, 0.25) is 0 Å². The van der Waals surface area contributed by atoms with Crippen LogP contribution in [-0.4, -0.2) is 15.5 Å². The van der Waals surface area contributed by atoms with Gasteiger partial charge in [0.1, 0.15) is 0 Å². The van der Waals surface area contributed by atoms with Crippen LogP contribution in [0.2, 0.25) is 0 Å². The van der Waals surface area contributed by atoms with Crippen molar-refractivity contribution in [2.75, 3.05) is 0 Å². The summed E-state index contributed by atoms with van der Waals surface area (Å²) in [7, 11) is 0. The molecule has 0 heterocycles. The van der Waals surface area contributed by atoms with Crippen LogP contribution in [-0.2, 0) is 0 Å². The van der Waals surface area contributed by atoms with Crippen LogP contribution in [0.1, 0.15) is 40.0 Å². The molecular weight excluding hydrogens is 216 g/mol. The van der Waals surface area contributed by atoms with Crippen LogP contribution < -0.4 is 0 Å². The maximum atomic E-state index is 10.1. The minimum Gasteiger partial charge on any atom is -0.391 e. The summed E-state index contributed by atoms with van der Waals surface area (Å²) in [5.74, 6) is 0. The number of hydrogen-bond donors (Lipinski definition) is 1. The Bertz CT molecular complexity index is 223. The summed E-state index contributed by atoms with van der Waals surface area (Å²) in [4.78, 5) is 0. The number of halogens is 1. The lowest BCUT2D eigenvalue weighted by Crippen LogP contribution is -2.45. The summed E-state index contributed by atoms with van der Waals surface area (Å²) in [6.45, 7) is 6.70. The van der Waals surface area contributed by atoms with E-state index < -0.39 is 0 Å². The molecule has 0 radical (unpaired) electrons. The summed E-state index contributed by atoms with van der Waals surface area (Å²) in [5, 5.41) is 10.1. The van der Waals surface area contributed by atoms with Crippen molar-refractivity contribution in [3.05, 3.63) is 0 Å². The van der Waals surface area contributed by atoms with E-state index in [-0.39, 0.29) is 15.8 Å². The van der Waals surface area contributed by atoms with Crippen LogP contribution in [0.5, 0.6) is 0 Å². The first kappa shape index (κ1) is 9.01. The normalized spacial score (nSPS) is 56.2. The Morgan fingerprint density at radius 1 is 1.25 bits per heavy atom. The van der Waals surface area contributed by atoms with Gasteiger partial charge in [0.25, 0.3) is 0 Å². The molecule has 0 aromatic heterocycles. The molecule has 2 fully saturated rings. The second-order valence-electron chi connectivity index (χ2n) is 5.40. The fourth-order valence-corrected chi connectivity index (χ4v) is 4.46. The van der Waals surface area contributed by atoms with Gasteiger partial charge in [-0.05, 0) is 30.1 Å². The number of aliphatic hydroxyl groups is 1. The van der Waals surface area contributed by atoms with Gasteiger partial charge in [-0.2, -0.15) is 0 Å². The molecule has 2 bridgehead atoms. The van der Waals surface area contributed by atoms with Crippen LogP contribution in [0.4, 0.5) is 0 Å². The highest BCUT2D eigenvalue weighted by atomic mass is 79.9. The lowest BCUT2D eigenvalue weighted by molar-refractivity contribution is -0.0218. The molecule has 0 aromatic rings. The molecule has 2 aliphatic carbocycles. The molecule has 0 amide bonds. The molecule has 2 heteroatoms. The monoisotopic (exact) mass is 232 g/mol. The van der Waals surface area contributed by atoms with E-state index in [2.05, 4.69) is 36.7 Å². The molecule has 0 aliphatic heterocycles.